The maximum absolute atomic E-state index is 12.8. The molecule has 0 N–H and O–H groups in total. The number of hydrogen-bond acceptors (Lipinski definition) is 5. The van der Waals surface area contributed by atoms with Crippen LogP contribution in [0.3, 0.4) is 0 Å². The summed E-state index contributed by atoms with van der Waals surface area (Å²) in [5.74, 6) is 1.24. The van der Waals surface area contributed by atoms with Crippen molar-refractivity contribution in [1.82, 2.24) is 4.90 Å². The first-order valence-corrected chi connectivity index (χ1v) is 9.84. The first-order chi connectivity index (χ1) is 13.0. The fraction of sp³-hybridized carbons (Fsp3) is 0.238. The van der Waals surface area contributed by atoms with Gasteiger partial charge in [0.2, 0.25) is 0 Å². The zero-order chi connectivity index (χ0) is 19.4. The van der Waals surface area contributed by atoms with Crippen LogP contribution in [-0.4, -0.2) is 28.3 Å². The monoisotopic (exact) mass is 399 g/mol. The Morgan fingerprint density at radius 2 is 1.89 bits per heavy atom. The molecule has 1 amide bonds. The van der Waals surface area contributed by atoms with E-state index < -0.39 is 0 Å². The van der Waals surface area contributed by atoms with E-state index in [4.69, 9.17) is 21.7 Å². The van der Waals surface area contributed by atoms with Crippen molar-refractivity contribution in [3.05, 3.63) is 64.6 Å². The highest BCUT2D eigenvalue weighted by atomic mass is 32.2. The van der Waals surface area contributed by atoms with E-state index in [2.05, 4.69) is 0 Å². The molecule has 1 heterocycles. The summed E-state index contributed by atoms with van der Waals surface area (Å²) in [6, 6.07) is 15.5. The van der Waals surface area contributed by atoms with Gasteiger partial charge in [0, 0.05) is 0 Å². The van der Waals surface area contributed by atoms with Gasteiger partial charge in [0.05, 0.1) is 24.7 Å². The minimum absolute atomic E-state index is 0.0546. The normalized spacial score (nSPS) is 15.7. The molecule has 0 bridgehead atoms. The van der Waals surface area contributed by atoms with Gasteiger partial charge in [-0.2, -0.15) is 0 Å². The topological polar surface area (TPSA) is 38.8 Å². The van der Waals surface area contributed by atoms with Gasteiger partial charge >= 0.3 is 0 Å². The van der Waals surface area contributed by atoms with Crippen molar-refractivity contribution in [2.75, 3.05) is 7.11 Å². The average molecular weight is 400 g/mol. The van der Waals surface area contributed by atoms with Crippen molar-refractivity contribution in [2.24, 2.45) is 0 Å². The molecule has 0 unspecified atom stereocenters. The maximum atomic E-state index is 12.8. The lowest BCUT2D eigenvalue weighted by molar-refractivity contribution is -0.122. The third kappa shape index (κ3) is 4.70. The number of hydrogen-bond donors (Lipinski definition) is 0. The largest absolute Gasteiger partial charge is 0.493 e. The van der Waals surface area contributed by atoms with E-state index in [9.17, 15) is 4.79 Å². The summed E-state index contributed by atoms with van der Waals surface area (Å²) in [7, 11) is 1.60. The van der Waals surface area contributed by atoms with Gasteiger partial charge in [-0.25, -0.2) is 0 Å². The van der Waals surface area contributed by atoms with E-state index in [0.29, 0.717) is 27.3 Å². The summed E-state index contributed by atoms with van der Waals surface area (Å²) in [4.78, 5) is 15.0. The smallest absolute Gasteiger partial charge is 0.266 e. The van der Waals surface area contributed by atoms with Crippen LogP contribution in [0.25, 0.3) is 6.08 Å². The van der Waals surface area contributed by atoms with Crippen molar-refractivity contribution in [2.45, 2.75) is 26.5 Å². The molecular weight excluding hydrogens is 378 g/mol. The molecule has 1 aliphatic rings. The fourth-order valence-electron chi connectivity index (χ4n) is 2.68. The Hall–Kier alpha value is -2.31. The zero-order valence-corrected chi connectivity index (χ0v) is 17.1. The minimum Gasteiger partial charge on any atom is -0.493 e. The lowest BCUT2D eigenvalue weighted by Crippen LogP contribution is -2.27. The summed E-state index contributed by atoms with van der Waals surface area (Å²) in [5.41, 5.74) is 1.91. The predicted molar refractivity (Wildman–Crippen MR) is 114 cm³/mol. The lowest BCUT2D eigenvalue weighted by atomic mass is 10.1. The molecule has 140 valence electrons. The molecule has 0 saturated carbocycles. The Kier molecular flexibility index (Phi) is 6.19. The molecule has 6 heteroatoms. The molecule has 1 fully saturated rings. The van der Waals surface area contributed by atoms with Crippen molar-refractivity contribution in [3.8, 4) is 11.5 Å². The van der Waals surface area contributed by atoms with Crippen molar-refractivity contribution in [1.29, 1.82) is 0 Å². The molecular formula is C21H21NO3S2. The number of ether oxygens (including phenoxy) is 2. The highest BCUT2D eigenvalue weighted by Gasteiger charge is 2.32. The Bertz CT molecular complexity index is 878. The molecule has 3 rings (SSSR count). The number of thiocarbonyl (C=S) groups is 1. The Morgan fingerprint density at radius 1 is 1.15 bits per heavy atom. The first-order valence-electron chi connectivity index (χ1n) is 8.62. The van der Waals surface area contributed by atoms with Crippen LogP contribution in [0.2, 0.25) is 0 Å². The molecule has 4 nitrogen and oxygen atoms in total. The van der Waals surface area contributed by atoms with E-state index in [1.54, 1.807) is 12.0 Å². The van der Waals surface area contributed by atoms with Gasteiger partial charge in [0.25, 0.3) is 5.91 Å². The quantitative estimate of drug-likeness (QED) is 0.511. The molecule has 2 aromatic carbocycles. The molecule has 0 aliphatic carbocycles. The number of benzene rings is 2. The SMILES string of the molecule is COc1cc(C=C2SC(=S)N(Cc3ccccc3)C2=O)ccc1OC(C)C. The van der Waals surface area contributed by atoms with Gasteiger partial charge in [0.1, 0.15) is 4.32 Å². The summed E-state index contributed by atoms with van der Waals surface area (Å²) in [6.07, 6.45) is 1.89. The van der Waals surface area contributed by atoms with Crippen LogP contribution in [0, 0.1) is 0 Å². The van der Waals surface area contributed by atoms with E-state index in [0.717, 1.165) is 11.1 Å². The van der Waals surface area contributed by atoms with Crippen LogP contribution < -0.4 is 9.47 Å². The van der Waals surface area contributed by atoms with Crippen molar-refractivity contribution < 1.29 is 14.3 Å². The van der Waals surface area contributed by atoms with E-state index in [1.165, 1.54) is 11.8 Å². The van der Waals surface area contributed by atoms with Crippen LogP contribution in [0.15, 0.2) is 53.4 Å². The van der Waals surface area contributed by atoms with E-state index >= 15 is 0 Å². The van der Waals surface area contributed by atoms with Crippen molar-refractivity contribution >= 4 is 40.3 Å². The van der Waals surface area contributed by atoms with Crippen LogP contribution in [0.1, 0.15) is 25.0 Å². The number of amides is 1. The van der Waals surface area contributed by atoms with Gasteiger partial charge in [-0.15, -0.1) is 0 Å². The van der Waals surface area contributed by atoms with Crippen LogP contribution >= 0.6 is 24.0 Å². The number of thioether (sulfide) groups is 1. The molecule has 0 spiro atoms. The lowest BCUT2D eigenvalue weighted by Gasteiger charge is -2.14. The molecule has 2 aromatic rings. The van der Waals surface area contributed by atoms with Gasteiger partial charge in [0.15, 0.2) is 11.5 Å². The van der Waals surface area contributed by atoms with Gasteiger partial charge in [-0.1, -0.05) is 60.4 Å². The van der Waals surface area contributed by atoms with E-state index in [1.807, 2.05) is 68.5 Å². The fourth-order valence-corrected chi connectivity index (χ4v) is 3.93. The van der Waals surface area contributed by atoms with Gasteiger partial charge in [-0.05, 0) is 43.2 Å². The third-order valence-corrected chi connectivity index (χ3v) is 5.28. The second kappa shape index (κ2) is 8.59. The van der Waals surface area contributed by atoms with Crippen molar-refractivity contribution in [3.63, 3.8) is 0 Å². The molecule has 1 aliphatic heterocycles. The minimum atomic E-state index is -0.0738. The third-order valence-electron chi connectivity index (χ3n) is 3.91. The zero-order valence-electron chi connectivity index (χ0n) is 15.5. The summed E-state index contributed by atoms with van der Waals surface area (Å²) < 4.78 is 11.7. The molecule has 0 radical (unpaired) electrons. The predicted octanol–water partition coefficient (Wildman–Crippen LogP) is 4.88. The Morgan fingerprint density at radius 3 is 2.56 bits per heavy atom. The van der Waals surface area contributed by atoms with E-state index in [-0.39, 0.29) is 12.0 Å². The Labute approximate surface area is 169 Å². The van der Waals surface area contributed by atoms with Crippen LogP contribution in [-0.2, 0) is 11.3 Å². The highest BCUT2D eigenvalue weighted by molar-refractivity contribution is 8.26. The first kappa shape index (κ1) is 19.5. The maximum Gasteiger partial charge on any atom is 0.266 e. The second-order valence-electron chi connectivity index (χ2n) is 6.33. The Balaban J connectivity index is 1.81. The van der Waals surface area contributed by atoms with Crippen LogP contribution in [0.5, 0.6) is 11.5 Å². The molecule has 1 saturated heterocycles. The average Bonchev–Trinajstić information content (AvgIpc) is 2.91. The second-order valence-corrected chi connectivity index (χ2v) is 8.01. The molecule has 27 heavy (non-hydrogen) atoms. The summed E-state index contributed by atoms with van der Waals surface area (Å²) in [5, 5.41) is 0. The summed E-state index contributed by atoms with van der Waals surface area (Å²) in [6.45, 7) is 4.41. The van der Waals surface area contributed by atoms with Crippen LogP contribution in [0.4, 0.5) is 0 Å². The standard InChI is InChI=1S/C21H21NO3S2/c1-14(2)25-17-10-9-16(11-18(17)24-3)12-19-20(23)22(21(26)27-19)13-15-7-5-4-6-8-15/h4-12,14H,13H2,1-3H3. The number of carbonyl (C=O) groups is 1. The number of methoxy groups -OCH3 is 1. The van der Waals surface area contributed by atoms with Gasteiger partial charge in [-0.3, -0.25) is 9.69 Å². The van der Waals surface area contributed by atoms with Gasteiger partial charge < -0.3 is 9.47 Å². The number of carbonyl (C=O) groups excluding carboxylic acids is 1. The highest BCUT2D eigenvalue weighted by Crippen LogP contribution is 2.35. The molecule has 0 aromatic heterocycles. The molecule has 0 atom stereocenters. The summed E-state index contributed by atoms with van der Waals surface area (Å²) >= 11 is 6.73. The number of nitrogens with zero attached hydrogens (tertiary/aromatic N) is 1. The number of rotatable bonds is 6.